The summed E-state index contributed by atoms with van der Waals surface area (Å²) in [7, 11) is 0. The normalized spacial score (nSPS) is 21.8. The minimum atomic E-state index is -0.326. The quantitative estimate of drug-likeness (QED) is 0.824. The average Bonchev–Trinajstić information content (AvgIpc) is 3.25. The van der Waals surface area contributed by atoms with Crippen molar-refractivity contribution in [1.29, 1.82) is 0 Å². The van der Waals surface area contributed by atoms with Gasteiger partial charge in [0.15, 0.2) is 6.04 Å². The van der Waals surface area contributed by atoms with E-state index in [0.717, 1.165) is 38.3 Å². The van der Waals surface area contributed by atoms with E-state index in [1.807, 2.05) is 19.4 Å². The van der Waals surface area contributed by atoms with Crippen molar-refractivity contribution >= 4 is 5.97 Å². The number of hydrogen-bond acceptors (Lipinski definition) is 5. The van der Waals surface area contributed by atoms with Gasteiger partial charge in [-0.2, -0.15) is 0 Å². The SMILES string of the molecule is CCOC(=O)C(c1cncn1C1CC1)N1CCCNCC1. The maximum atomic E-state index is 12.5. The number of aromatic nitrogens is 2. The lowest BCUT2D eigenvalue weighted by Gasteiger charge is -2.29. The highest BCUT2D eigenvalue weighted by molar-refractivity contribution is 5.77. The molecule has 1 aliphatic heterocycles. The summed E-state index contributed by atoms with van der Waals surface area (Å²) < 4.78 is 7.50. The first kappa shape index (κ1) is 14.5. The van der Waals surface area contributed by atoms with E-state index in [1.54, 1.807) is 0 Å². The molecule has 0 aromatic carbocycles. The molecule has 1 unspecified atom stereocenters. The van der Waals surface area contributed by atoms with Gasteiger partial charge in [-0.25, -0.2) is 9.78 Å². The van der Waals surface area contributed by atoms with Crippen LogP contribution in [0.5, 0.6) is 0 Å². The van der Waals surface area contributed by atoms with Gasteiger partial charge < -0.3 is 14.6 Å². The Morgan fingerprint density at radius 3 is 3.10 bits per heavy atom. The molecule has 6 heteroatoms. The molecule has 1 N–H and O–H groups in total. The zero-order valence-electron chi connectivity index (χ0n) is 12.6. The number of hydrogen-bond donors (Lipinski definition) is 1. The third kappa shape index (κ3) is 3.27. The van der Waals surface area contributed by atoms with Crippen LogP contribution in [0.3, 0.4) is 0 Å². The fraction of sp³-hybridized carbons (Fsp3) is 0.733. The van der Waals surface area contributed by atoms with Crippen LogP contribution in [0.4, 0.5) is 0 Å². The fourth-order valence-corrected chi connectivity index (χ4v) is 2.99. The van der Waals surface area contributed by atoms with Crippen molar-refractivity contribution in [3.63, 3.8) is 0 Å². The second-order valence-electron chi connectivity index (χ2n) is 5.75. The third-order valence-corrected chi connectivity index (χ3v) is 4.17. The van der Waals surface area contributed by atoms with Gasteiger partial charge in [0.05, 0.1) is 24.8 Å². The highest BCUT2D eigenvalue weighted by Gasteiger charge is 2.35. The Labute approximate surface area is 125 Å². The summed E-state index contributed by atoms with van der Waals surface area (Å²) >= 11 is 0. The molecule has 3 rings (SSSR count). The lowest BCUT2D eigenvalue weighted by atomic mass is 10.1. The van der Waals surface area contributed by atoms with Crippen LogP contribution >= 0.6 is 0 Å². The molecule has 6 nitrogen and oxygen atoms in total. The maximum Gasteiger partial charge on any atom is 0.329 e. The van der Waals surface area contributed by atoms with E-state index in [-0.39, 0.29) is 12.0 Å². The van der Waals surface area contributed by atoms with Gasteiger partial charge in [0, 0.05) is 25.7 Å². The number of carbonyl (C=O) groups is 1. The van der Waals surface area contributed by atoms with Crippen LogP contribution in [0, 0.1) is 0 Å². The van der Waals surface area contributed by atoms with Gasteiger partial charge in [-0.1, -0.05) is 0 Å². The lowest BCUT2D eigenvalue weighted by molar-refractivity contribution is -0.150. The summed E-state index contributed by atoms with van der Waals surface area (Å²) in [5.41, 5.74) is 0.984. The van der Waals surface area contributed by atoms with E-state index in [2.05, 4.69) is 19.8 Å². The first-order chi connectivity index (χ1) is 10.3. The monoisotopic (exact) mass is 292 g/mol. The summed E-state index contributed by atoms with van der Waals surface area (Å²) in [5, 5.41) is 3.38. The number of esters is 1. The number of ether oxygens (including phenoxy) is 1. The lowest BCUT2D eigenvalue weighted by Crippen LogP contribution is -2.38. The van der Waals surface area contributed by atoms with E-state index in [0.29, 0.717) is 12.6 Å². The predicted molar refractivity (Wildman–Crippen MR) is 78.9 cm³/mol. The molecule has 1 saturated heterocycles. The topological polar surface area (TPSA) is 59.4 Å². The van der Waals surface area contributed by atoms with Gasteiger partial charge in [-0.15, -0.1) is 0 Å². The molecule has 1 aromatic rings. The predicted octanol–water partition coefficient (Wildman–Crippen LogP) is 1.12. The molecule has 0 spiro atoms. The largest absolute Gasteiger partial charge is 0.465 e. The number of nitrogens with zero attached hydrogens (tertiary/aromatic N) is 3. The molecule has 1 aliphatic carbocycles. The van der Waals surface area contributed by atoms with Gasteiger partial charge in [0.1, 0.15) is 0 Å². The molecule has 1 aromatic heterocycles. The summed E-state index contributed by atoms with van der Waals surface area (Å²) in [4.78, 5) is 19.0. The Hall–Kier alpha value is -1.40. The first-order valence-electron chi connectivity index (χ1n) is 7.94. The van der Waals surface area contributed by atoms with Crippen molar-refractivity contribution < 1.29 is 9.53 Å². The van der Waals surface area contributed by atoms with Crippen LogP contribution in [0.1, 0.15) is 44.0 Å². The van der Waals surface area contributed by atoms with Crippen molar-refractivity contribution in [2.45, 2.75) is 38.3 Å². The zero-order chi connectivity index (χ0) is 14.7. The standard InChI is InChI=1S/C15H24N4O2/c1-2-21-15(20)14(18-8-3-6-16-7-9-18)13-10-17-11-19(13)12-4-5-12/h10-12,14,16H,2-9H2,1H3. The molecule has 2 heterocycles. The molecule has 2 aliphatic rings. The molecule has 1 saturated carbocycles. The average molecular weight is 292 g/mol. The van der Waals surface area contributed by atoms with Crippen molar-refractivity contribution in [2.24, 2.45) is 0 Å². The Morgan fingerprint density at radius 2 is 2.33 bits per heavy atom. The highest BCUT2D eigenvalue weighted by atomic mass is 16.5. The molecular formula is C15H24N4O2. The van der Waals surface area contributed by atoms with Crippen LogP contribution in [0.2, 0.25) is 0 Å². The van der Waals surface area contributed by atoms with Crippen LogP contribution in [-0.4, -0.2) is 53.2 Å². The number of carbonyl (C=O) groups excluding carboxylic acids is 1. The fourth-order valence-electron chi connectivity index (χ4n) is 2.99. The summed E-state index contributed by atoms with van der Waals surface area (Å²) in [6.07, 6.45) is 7.10. The van der Waals surface area contributed by atoms with E-state index in [4.69, 9.17) is 4.74 Å². The Bertz CT molecular complexity index is 476. The van der Waals surface area contributed by atoms with E-state index >= 15 is 0 Å². The van der Waals surface area contributed by atoms with Crippen LogP contribution in [0.15, 0.2) is 12.5 Å². The molecule has 21 heavy (non-hydrogen) atoms. The molecule has 1 atom stereocenters. The summed E-state index contributed by atoms with van der Waals surface area (Å²) in [5.74, 6) is -0.151. The first-order valence-corrected chi connectivity index (χ1v) is 7.94. The van der Waals surface area contributed by atoms with Crippen molar-refractivity contribution in [3.05, 3.63) is 18.2 Å². The van der Waals surface area contributed by atoms with Gasteiger partial charge in [0.25, 0.3) is 0 Å². The van der Waals surface area contributed by atoms with Gasteiger partial charge in [0.2, 0.25) is 0 Å². The van der Waals surface area contributed by atoms with Gasteiger partial charge in [-0.05, 0) is 32.7 Å². The molecule has 0 radical (unpaired) electrons. The van der Waals surface area contributed by atoms with Crippen LogP contribution < -0.4 is 5.32 Å². The number of nitrogens with one attached hydrogen (secondary N) is 1. The van der Waals surface area contributed by atoms with E-state index in [9.17, 15) is 4.79 Å². The van der Waals surface area contributed by atoms with Crippen LogP contribution in [0.25, 0.3) is 0 Å². The Balaban J connectivity index is 1.86. The van der Waals surface area contributed by atoms with Gasteiger partial charge >= 0.3 is 5.97 Å². The maximum absolute atomic E-state index is 12.5. The molecule has 0 amide bonds. The minimum Gasteiger partial charge on any atom is -0.465 e. The second-order valence-corrected chi connectivity index (χ2v) is 5.75. The summed E-state index contributed by atoms with van der Waals surface area (Å²) in [6, 6.07) is 0.192. The van der Waals surface area contributed by atoms with Crippen LogP contribution in [-0.2, 0) is 9.53 Å². The second kappa shape index (κ2) is 6.58. The van der Waals surface area contributed by atoms with Gasteiger partial charge in [-0.3, -0.25) is 4.90 Å². The smallest absolute Gasteiger partial charge is 0.329 e. The third-order valence-electron chi connectivity index (χ3n) is 4.17. The summed E-state index contributed by atoms with van der Waals surface area (Å²) in [6.45, 7) is 5.96. The van der Waals surface area contributed by atoms with E-state index in [1.165, 1.54) is 12.8 Å². The Kier molecular flexibility index (Phi) is 4.55. The molecule has 116 valence electrons. The molecular weight excluding hydrogens is 268 g/mol. The Morgan fingerprint density at radius 1 is 1.48 bits per heavy atom. The minimum absolute atomic E-state index is 0.151. The molecule has 2 fully saturated rings. The van der Waals surface area contributed by atoms with Crippen molar-refractivity contribution in [1.82, 2.24) is 19.8 Å². The van der Waals surface area contributed by atoms with Crippen molar-refractivity contribution in [2.75, 3.05) is 32.8 Å². The van der Waals surface area contributed by atoms with Crippen molar-refractivity contribution in [3.8, 4) is 0 Å². The number of imidazole rings is 1. The molecule has 0 bridgehead atoms. The number of rotatable bonds is 5. The highest BCUT2D eigenvalue weighted by Crippen LogP contribution is 2.38. The zero-order valence-corrected chi connectivity index (χ0v) is 12.6. The van der Waals surface area contributed by atoms with E-state index < -0.39 is 0 Å².